The van der Waals surface area contributed by atoms with E-state index in [1.165, 1.54) is 19.4 Å². The minimum Gasteiger partial charge on any atom is -0.503 e. The normalized spacial score (nSPS) is 13.2. The summed E-state index contributed by atoms with van der Waals surface area (Å²) in [4.78, 5) is 29.8. The number of rotatable bonds is 11. The van der Waals surface area contributed by atoms with Crippen LogP contribution in [0.15, 0.2) is 54.7 Å². The van der Waals surface area contributed by atoms with Gasteiger partial charge < -0.3 is 24.1 Å². The predicted molar refractivity (Wildman–Crippen MR) is 139 cm³/mol. The van der Waals surface area contributed by atoms with Crippen LogP contribution < -0.4 is 14.2 Å². The number of carbonyl (C=O) groups excluding carboxylic acids is 2. The number of aryl methyl sites for hydroxylation is 1. The zero-order valence-electron chi connectivity index (χ0n) is 22.0. The molecule has 196 valence electrons. The minimum atomic E-state index is -0.753. The molecule has 0 amide bonds. The minimum absolute atomic E-state index is 0.138. The second kappa shape index (κ2) is 12.3. The largest absolute Gasteiger partial charge is 0.503 e. The smallest absolute Gasteiger partial charge is 0.309 e. The van der Waals surface area contributed by atoms with Crippen LogP contribution in [0.3, 0.4) is 0 Å². The van der Waals surface area contributed by atoms with E-state index in [0.717, 1.165) is 28.2 Å². The third kappa shape index (κ3) is 6.39. The number of Topliss-reactive ketones (excluding diaryl/α,β-unsaturated/α-hetero) is 1. The standard InChI is InChI=1S/C29H33NO7/c1-17-15-21(9-12-24(17)35-5)26(20-7-10-22(34-4)11-8-20)19(3)37-29(33)18(2)16-23(31)27-28(32)25(36-6)13-14-30-27/h7-15,18-19,26,32H,16H2,1-6H3/t18-,19+,26?/m1/s1. The van der Waals surface area contributed by atoms with Gasteiger partial charge in [-0.2, -0.15) is 0 Å². The summed E-state index contributed by atoms with van der Waals surface area (Å²) in [5.74, 6) is -0.749. The lowest BCUT2D eigenvalue weighted by atomic mass is 9.86. The molecule has 1 aromatic heterocycles. The van der Waals surface area contributed by atoms with E-state index >= 15 is 0 Å². The molecule has 37 heavy (non-hydrogen) atoms. The van der Waals surface area contributed by atoms with Crippen LogP contribution in [0.25, 0.3) is 0 Å². The van der Waals surface area contributed by atoms with Gasteiger partial charge in [0.05, 0.1) is 27.2 Å². The highest BCUT2D eigenvalue weighted by molar-refractivity contribution is 5.99. The Morgan fingerprint density at radius 2 is 1.54 bits per heavy atom. The number of aromatic nitrogens is 1. The fourth-order valence-corrected chi connectivity index (χ4v) is 4.27. The summed E-state index contributed by atoms with van der Waals surface area (Å²) < 4.78 is 21.6. The summed E-state index contributed by atoms with van der Waals surface area (Å²) in [7, 11) is 4.61. The lowest BCUT2D eigenvalue weighted by molar-refractivity contribution is -0.153. The van der Waals surface area contributed by atoms with Gasteiger partial charge in [-0.3, -0.25) is 9.59 Å². The zero-order chi connectivity index (χ0) is 27.1. The molecule has 2 aromatic carbocycles. The van der Waals surface area contributed by atoms with Crippen LogP contribution in [0.1, 0.15) is 53.4 Å². The maximum Gasteiger partial charge on any atom is 0.309 e. The third-order valence-corrected chi connectivity index (χ3v) is 6.29. The third-order valence-electron chi connectivity index (χ3n) is 6.29. The molecule has 0 fully saturated rings. The van der Waals surface area contributed by atoms with Crippen molar-refractivity contribution in [3.05, 3.63) is 77.1 Å². The van der Waals surface area contributed by atoms with Gasteiger partial charge in [-0.25, -0.2) is 4.98 Å². The Balaban J connectivity index is 1.81. The van der Waals surface area contributed by atoms with Crippen LogP contribution in [0.5, 0.6) is 23.0 Å². The maximum atomic E-state index is 13.0. The molecule has 0 spiro atoms. The first-order chi connectivity index (χ1) is 17.7. The number of pyridine rings is 1. The van der Waals surface area contributed by atoms with Crippen LogP contribution in [0.4, 0.5) is 0 Å². The number of hydrogen-bond acceptors (Lipinski definition) is 8. The molecule has 1 heterocycles. The first-order valence-corrected chi connectivity index (χ1v) is 11.9. The molecule has 8 nitrogen and oxygen atoms in total. The Hall–Kier alpha value is -4.07. The second-order valence-corrected chi connectivity index (χ2v) is 8.86. The summed E-state index contributed by atoms with van der Waals surface area (Å²) in [5.41, 5.74) is 2.72. The monoisotopic (exact) mass is 507 g/mol. The van der Waals surface area contributed by atoms with E-state index in [-0.39, 0.29) is 29.5 Å². The van der Waals surface area contributed by atoms with E-state index in [0.29, 0.717) is 0 Å². The molecule has 0 radical (unpaired) electrons. The van der Waals surface area contributed by atoms with Gasteiger partial charge in [0.1, 0.15) is 17.6 Å². The number of methoxy groups -OCH3 is 3. The molecule has 3 rings (SSSR count). The molecular formula is C29H33NO7. The van der Waals surface area contributed by atoms with Crippen molar-refractivity contribution < 1.29 is 33.6 Å². The van der Waals surface area contributed by atoms with E-state index in [1.54, 1.807) is 21.1 Å². The van der Waals surface area contributed by atoms with Gasteiger partial charge in [-0.1, -0.05) is 31.2 Å². The van der Waals surface area contributed by atoms with E-state index in [2.05, 4.69) is 4.98 Å². The molecular weight excluding hydrogens is 474 g/mol. The van der Waals surface area contributed by atoms with E-state index < -0.39 is 23.8 Å². The molecule has 0 aliphatic rings. The van der Waals surface area contributed by atoms with E-state index in [4.69, 9.17) is 18.9 Å². The van der Waals surface area contributed by atoms with Crippen molar-refractivity contribution in [3.63, 3.8) is 0 Å². The van der Waals surface area contributed by atoms with Crippen molar-refractivity contribution in [2.75, 3.05) is 21.3 Å². The van der Waals surface area contributed by atoms with Gasteiger partial charge in [-0.05, 0) is 48.7 Å². The number of esters is 1. The Labute approximate surface area is 217 Å². The molecule has 0 saturated carbocycles. The average Bonchev–Trinajstić information content (AvgIpc) is 2.89. The van der Waals surface area contributed by atoms with Crippen LogP contribution in [-0.2, 0) is 9.53 Å². The summed E-state index contributed by atoms with van der Waals surface area (Å²) in [6.45, 7) is 5.40. The van der Waals surface area contributed by atoms with E-state index in [9.17, 15) is 14.7 Å². The molecule has 0 aliphatic heterocycles. The highest BCUT2D eigenvalue weighted by atomic mass is 16.5. The summed E-state index contributed by atoms with van der Waals surface area (Å²) in [5, 5.41) is 10.2. The Bertz CT molecular complexity index is 1240. The van der Waals surface area contributed by atoms with Crippen LogP contribution in [-0.4, -0.2) is 49.3 Å². The van der Waals surface area contributed by atoms with Crippen LogP contribution in [0, 0.1) is 12.8 Å². The lowest BCUT2D eigenvalue weighted by Gasteiger charge is -2.27. The average molecular weight is 508 g/mol. The van der Waals surface area contributed by atoms with Gasteiger partial charge >= 0.3 is 5.97 Å². The maximum absolute atomic E-state index is 13.0. The zero-order valence-corrected chi connectivity index (χ0v) is 22.0. The molecule has 3 atom stereocenters. The number of nitrogens with zero attached hydrogens (tertiary/aromatic N) is 1. The van der Waals surface area contributed by atoms with Crippen molar-refractivity contribution in [1.82, 2.24) is 4.98 Å². The summed E-state index contributed by atoms with van der Waals surface area (Å²) in [6.07, 6.45) is 0.649. The number of aromatic hydroxyl groups is 1. The second-order valence-electron chi connectivity index (χ2n) is 8.86. The number of ether oxygens (including phenoxy) is 4. The lowest BCUT2D eigenvalue weighted by Crippen LogP contribution is -2.28. The summed E-state index contributed by atoms with van der Waals surface area (Å²) in [6, 6.07) is 14.9. The number of benzene rings is 2. The molecule has 0 aliphatic carbocycles. The number of carbonyl (C=O) groups is 2. The highest BCUT2D eigenvalue weighted by Gasteiger charge is 2.29. The first-order valence-electron chi connectivity index (χ1n) is 11.9. The molecule has 3 aromatic rings. The highest BCUT2D eigenvalue weighted by Crippen LogP contribution is 2.34. The van der Waals surface area contributed by atoms with Gasteiger partial charge in [0.15, 0.2) is 23.0 Å². The van der Waals surface area contributed by atoms with E-state index in [1.807, 2.05) is 56.3 Å². The first kappa shape index (κ1) is 27.5. The molecule has 1 unspecified atom stereocenters. The van der Waals surface area contributed by atoms with Gasteiger partial charge in [0.2, 0.25) is 0 Å². The predicted octanol–water partition coefficient (Wildman–Crippen LogP) is 5.09. The van der Waals surface area contributed by atoms with Gasteiger partial charge in [0, 0.05) is 24.6 Å². The molecule has 1 N–H and O–H groups in total. The number of hydrogen-bond donors (Lipinski definition) is 1. The topological polar surface area (TPSA) is 104 Å². The van der Waals surface area contributed by atoms with Crippen LogP contribution in [0.2, 0.25) is 0 Å². The van der Waals surface area contributed by atoms with Gasteiger partial charge in [0.25, 0.3) is 0 Å². The number of ketones is 1. The Morgan fingerprint density at radius 3 is 2.14 bits per heavy atom. The van der Waals surface area contributed by atoms with Gasteiger partial charge in [-0.15, -0.1) is 0 Å². The van der Waals surface area contributed by atoms with Crippen molar-refractivity contribution in [1.29, 1.82) is 0 Å². The molecule has 0 saturated heterocycles. The Kier molecular flexibility index (Phi) is 9.11. The van der Waals surface area contributed by atoms with Crippen molar-refractivity contribution in [2.45, 2.75) is 39.2 Å². The Morgan fingerprint density at radius 1 is 0.892 bits per heavy atom. The summed E-state index contributed by atoms with van der Waals surface area (Å²) >= 11 is 0. The fraction of sp³-hybridized carbons (Fsp3) is 0.345. The fourth-order valence-electron chi connectivity index (χ4n) is 4.27. The SMILES string of the molecule is COc1ccc(C(c2ccc(OC)c(C)c2)[C@H](C)OC(=O)[C@H](C)CC(=O)c2nccc(OC)c2O)cc1. The van der Waals surface area contributed by atoms with Crippen molar-refractivity contribution >= 4 is 11.8 Å². The van der Waals surface area contributed by atoms with Crippen LogP contribution >= 0.6 is 0 Å². The molecule has 0 bridgehead atoms. The van der Waals surface area contributed by atoms with Crippen molar-refractivity contribution in [3.8, 4) is 23.0 Å². The quantitative estimate of drug-likeness (QED) is 0.283. The molecule has 8 heteroatoms. The van der Waals surface area contributed by atoms with Crippen molar-refractivity contribution in [2.24, 2.45) is 5.92 Å².